The molecule has 92 valence electrons. The fourth-order valence-corrected chi connectivity index (χ4v) is 1.68. The second-order valence-electron chi connectivity index (χ2n) is 3.96. The number of halogens is 1. The second-order valence-corrected chi connectivity index (χ2v) is 4.37. The Labute approximate surface area is 112 Å². The van der Waals surface area contributed by atoms with Crippen LogP contribution in [0.5, 0.6) is 5.75 Å². The van der Waals surface area contributed by atoms with E-state index in [2.05, 4.69) is 4.99 Å². The molecular weight excluding hydrogens is 246 g/mol. The van der Waals surface area contributed by atoms with Gasteiger partial charge in [0.25, 0.3) is 0 Å². The second kappa shape index (κ2) is 5.69. The lowest BCUT2D eigenvalue weighted by atomic mass is 10.2. The minimum atomic E-state index is 0.736. The van der Waals surface area contributed by atoms with Gasteiger partial charge in [0.15, 0.2) is 0 Å². The molecule has 0 unspecified atom stereocenters. The van der Waals surface area contributed by atoms with Gasteiger partial charge in [0.1, 0.15) is 5.75 Å². The minimum absolute atomic E-state index is 0.736. The Bertz CT molecular complexity index is 561. The summed E-state index contributed by atoms with van der Waals surface area (Å²) in [5, 5.41) is 0.736. The fourth-order valence-electron chi connectivity index (χ4n) is 1.50. The summed E-state index contributed by atoms with van der Waals surface area (Å²) in [6, 6.07) is 13.5. The van der Waals surface area contributed by atoms with Gasteiger partial charge in [-0.1, -0.05) is 17.7 Å². The van der Waals surface area contributed by atoms with Crippen molar-refractivity contribution in [2.45, 2.75) is 6.92 Å². The predicted octanol–water partition coefficient (Wildman–Crippen LogP) is 4.41. The van der Waals surface area contributed by atoms with Crippen LogP contribution in [0.1, 0.15) is 11.1 Å². The Morgan fingerprint density at radius 1 is 1.11 bits per heavy atom. The Hall–Kier alpha value is -1.80. The lowest BCUT2D eigenvalue weighted by Gasteiger charge is -2.00. The number of aryl methyl sites for hydroxylation is 1. The number of aliphatic imine (C=N–C) groups is 1. The van der Waals surface area contributed by atoms with Gasteiger partial charge in [-0.15, -0.1) is 0 Å². The van der Waals surface area contributed by atoms with Gasteiger partial charge < -0.3 is 4.74 Å². The quantitative estimate of drug-likeness (QED) is 0.749. The third kappa shape index (κ3) is 3.11. The highest BCUT2D eigenvalue weighted by Crippen LogP contribution is 2.22. The maximum atomic E-state index is 6.04. The van der Waals surface area contributed by atoms with E-state index in [4.69, 9.17) is 16.3 Å². The molecule has 0 saturated carbocycles. The zero-order chi connectivity index (χ0) is 13.0. The standard InChI is InChI=1S/C15H14ClNO/c1-11-3-6-13(9-15(11)16)17-10-12-4-7-14(18-2)8-5-12/h3-10H,1-2H3. The highest BCUT2D eigenvalue weighted by atomic mass is 35.5. The van der Waals surface area contributed by atoms with Crippen molar-refractivity contribution in [2.24, 2.45) is 4.99 Å². The van der Waals surface area contributed by atoms with E-state index in [0.29, 0.717) is 0 Å². The average Bonchev–Trinajstić information content (AvgIpc) is 2.41. The van der Waals surface area contributed by atoms with E-state index >= 15 is 0 Å². The van der Waals surface area contributed by atoms with Crippen molar-refractivity contribution in [3.05, 3.63) is 58.6 Å². The average molecular weight is 260 g/mol. The summed E-state index contributed by atoms with van der Waals surface area (Å²) in [6.45, 7) is 1.97. The van der Waals surface area contributed by atoms with E-state index in [-0.39, 0.29) is 0 Å². The zero-order valence-electron chi connectivity index (χ0n) is 10.4. The van der Waals surface area contributed by atoms with E-state index in [9.17, 15) is 0 Å². The zero-order valence-corrected chi connectivity index (χ0v) is 11.1. The van der Waals surface area contributed by atoms with Crippen LogP contribution in [0.15, 0.2) is 47.5 Å². The van der Waals surface area contributed by atoms with E-state index in [0.717, 1.165) is 27.6 Å². The summed E-state index contributed by atoms with van der Waals surface area (Å²) in [7, 11) is 1.65. The number of nitrogens with zero attached hydrogens (tertiary/aromatic N) is 1. The molecule has 2 rings (SSSR count). The summed E-state index contributed by atoms with van der Waals surface area (Å²) in [5.41, 5.74) is 2.92. The molecule has 3 heteroatoms. The molecule has 0 amide bonds. The number of hydrogen-bond donors (Lipinski definition) is 0. The molecule has 0 bridgehead atoms. The topological polar surface area (TPSA) is 21.6 Å². The Morgan fingerprint density at radius 2 is 1.83 bits per heavy atom. The van der Waals surface area contributed by atoms with Crippen LogP contribution in [-0.2, 0) is 0 Å². The summed E-state index contributed by atoms with van der Waals surface area (Å²) in [5.74, 6) is 0.838. The summed E-state index contributed by atoms with van der Waals surface area (Å²) in [6.07, 6.45) is 1.81. The molecule has 18 heavy (non-hydrogen) atoms. The van der Waals surface area contributed by atoms with E-state index in [1.54, 1.807) is 13.3 Å². The molecule has 0 fully saturated rings. The number of ether oxygens (including phenoxy) is 1. The molecule has 0 saturated heterocycles. The molecule has 0 aliphatic rings. The molecule has 2 nitrogen and oxygen atoms in total. The van der Waals surface area contributed by atoms with Gasteiger partial charge >= 0.3 is 0 Å². The molecule has 0 aromatic heterocycles. The highest BCUT2D eigenvalue weighted by molar-refractivity contribution is 6.31. The number of methoxy groups -OCH3 is 1. The van der Waals surface area contributed by atoms with Crippen molar-refractivity contribution in [2.75, 3.05) is 7.11 Å². The first-order chi connectivity index (χ1) is 8.69. The van der Waals surface area contributed by atoms with Crippen molar-refractivity contribution in [1.82, 2.24) is 0 Å². The van der Waals surface area contributed by atoms with Gasteiger partial charge in [-0.2, -0.15) is 0 Å². The van der Waals surface area contributed by atoms with Crippen LogP contribution in [0, 0.1) is 6.92 Å². The van der Waals surface area contributed by atoms with E-state index < -0.39 is 0 Å². The van der Waals surface area contributed by atoms with Crippen LogP contribution in [0.2, 0.25) is 5.02 Å². The lowest BCUT2D eigenvalue weighted by Crippen LogP contribution is -1.84. The van der Waals surface area contributed by atoms with Crippen LogP contribution in [-0.4, -0.2) is 13.3 Å². The van der Waals surface area contributed by atoms with Crippen molar-refractivity contribution in [1.29, 1.82) is 0 Å². The maximum absolute atomic E-state index is 6.04. The van der Waals surface area contributed by atoms with E-state index in [1.807, 2.05) is 49.4 Å². The van der Waals surface area contributed by atoms with Crippen LogP contribution in [0.25, 0.3) is 0 Å². The summed E-state index contributed by atoms with van der Waals surface area (Å²) < 4.78 is 5.10. The first-order valence-electron chi connectivity index (χ1n) is 5.63. The first-order valence-corrected chi connectivity index (χ1v) is 6.01. The molecule has 0 heterocycles. The molecule has 0 spiro atoms. The third-order valence-electron chi connectivity index (χ3n) is 2.63. The smallest absolute Gasteiger partial charge is 0.118 e. The van der Waals surface area contributed by atoms with Gasteiger partial charge in [-0.3, -0.25) is 4.99 Å². The van der Waals surface area contributed by atoms with E-state index in [1.165, 1.54) is 0 Å². The SMILES string of the molecule is COc1ccc(C=Nc2ccc(C)c(Cl)c2)cc1. The number of benzene rings is 2. The largest absolute Gasteiger partial charge is 0.497 e. The molecule has 0 aliphatic heterocycles. The molecule has 0 N–H and O–H groups in total. The molecule has 0 radical (unpaired) electrons. The van der Waals surface area contributed by atoms with Crippen molar-refractivity contribution >= 4 is 23.5 Å². The van der Waals surface area contributed by atoms with Crippen molar-refractivity contribution in [3.8, 4) is 5.75 Å². The number of hydrogen-bond acceptors (Lipinski definition) is 2. The van der Waals surface area contributed by atoms with Crippen molar-refractivity contribution < 1.29 is 4.74 Å². The normalized spacial score (nSPS) is 10.8. The lowest BCUT2D eigenvalue weighted by molar-refractivity contribution is 0.415. The van der Waals surface area contributed by atoms with Gasteiger partial charge in [-0.25, -0.2) is 0 Å². The van der Waals surface area contributed by atoms with Gasteiger partial charge in [-0.05, 0) is 54.4 Å². The minimum Gasteiger partial charge on any atom is -0.497 e. The Balaban J connectivity index is 2.16. The van der Waals surface area contributed by atoms with Gasteiger partial charge in [0.2, 0.25) is 0 Å². The van der Waals surface area contributed by atoms with Crippen LogP contribution in [0.3, 0.4) is 0 Å². The highest BCUT2D eigenvalue weighted by Gasteiger charge is 1.96. The molecule has 2 aromatic rings. The Kier molecular flexibility index (Phi) is 4.00. The molecule has 2 aromatic carbocycles. The molecular formula is C15H14ClNO. The van der Waals surface area contributed by atoms with Crippen LogP contribution in [0.4, 0.5) is 5.69 Å². The third-order valence-corrected chi connectivity index (χ3v) is 3.04. The van der Waals surface area contributed by atoms with Crippen LogP contribution < -0.4 is 4.74 Å². The summed E-state index contributed by atoms with van der Waals surface area (Å²) >= 11 is 6.04. The molecule has 0 atom stereocenters. The molecule has 0 aliphatic carbocycles. The number of rotatable bonds is 3. The van der Waals surface area contributed by atoms with Crippen molar-refractivity contribution in [3.63, 3.8) is 0 Å². The first kappa shape index (κ1) is 12.7. The maximum Gasteiger partial charge on any atom is 0.118 e. The Morgan fingerprint density at radius 3 is 2.44 bits per heavy atom. The fraction of sp³-hybridized carbons (Fsp3) is 0.133. The predicted molar refractivity (Wildman–Crippen MR) is 76.4 cm³/mol. The van der Waals surface area contributed by atoms with Gasteiger partial charge in [0.05, 0.1) is 12.8 Å². The summed E-state index contributed by atoms with van der Waals surface area (Å²) in [4.78, 5) is 4.38. The van der Waals surface area contributed by atoms with Crippen LogP contribution >= 0.6 is 11.6 Å². The van der Waals surface area contributed by atoms with Gasteiger partial charge in [0, 0.05) is 11.2 Å². The monoisotopic (exact) mass is 259 g/mol.